The van der Waals surface area contributed by atoms with Gasteiger partial charge in [-0.15, -0.1) is 0 Å². The lowest BCUT2D eigenvalue weighted by Crippen LogP contribution is -2.02. The molecule has 0 bridgehead atoms. The Balaban J connectivity index is 2.17. The second kappa shape index (κ2) is 4.21. The molecule has 0 atom stereocenters. The molecule has 2 aromatic rings. The molecule has 0 aliphatic carbocycles. The Morgan fingerprint density at radius 2 is 2.29 bits per heavy atom. The van der Waals surface area contributed by atoms with Gasteiger partial charge in [-0.2, -0.15) is 0 Å². The Kier molecular flexibility index (Phi) is 2.76. The molecular formula is C8H9N5S. The quantitative estimate of drug-likeness (QED) is 0.728. The van der Waals surface area contributed by atoms with Gasteiger partial charge in [0.15, 0.2) is 5.16 Å². The molecule has 0 aliphatic heterocycles. The molecule has 0 radical (unpaired) electrons. The summed E-state index contributed by atoms with van der Waals surface area (Å²) in [6.45, 7) is 0.354. The summed E-state index contributed by atoms with van der Waals surface area (Å²) in [5, 5.41) is 1.65. The molecule has 2 rings (SSSR count). The van der Waals surface area contributed by atoms with Crippen molar-refractivity contribution in [3.8, 4) is 0 Å². The summed E-state index contributed by atoms with van der Waals surface area (Å²) in [6, 6.07) is 1.83. The van der Waals surface area contributed by atoms with Crippen molar-refractivity contribution >= 4 is 11.8 Å². The van der Waals surface area contributed by atoms with E-state index >= 15 is 0 Å². The van der Waals surface area contributed by atoms with Crippen molar-refractivity contribution in [2.75, 3.05) is 0 Å². The largest absolute Gasteiger partial charge is 0.339 e. The van der Waals surface area contributed by atoms with E-state index in [0.717, 1.165) is 10.2 Å². The Morgan fingerprint density at radius 1 is 1.36 bits per heavy atom. The second-order valence-corrected chi connectivity index (χ2v) is 3.52. The lowest BCUT2D eigenvalue weighted by molar-refractivity contribution is 0.864. The predicted octanol–water partition coefficient (Wildman–Crippen LogP) is 0.810. The maximum atomic E-state index is 5.43. The first-order valence-electron chi connectivity index (χ1n) is 4.07. The molecule has 14 heavy (non-hydrogen) atoms. The van der Waals surface area contributed by atoms with Gasteiger partial charge in [0.25, 0.3) is 0 Å². The normalized spacial score (nSPS) is 10.4. The van der Waals surface area contributed by atoms with E-state index < -0.39 is 0 Å². The molecule has 3 N–H and O–H groups in total. The molecule has 0 aromatic carbocycles. The third-order valence-corrected chi connectivity index (χ3v) is 2.39. The van der Waals surface area contributed by atoms with Crippen LogP contribution >= 0.6 is 11.8 Å². The summed E-state index contributed by atoms with van der Waals surface area (Å²) in [4.78, 5) is 15.3. The van der Waals surface area contributed by atoms with Crippen LogP contribution in [0.5, 0.6) is 0 Å². The van der Waals surface area contributed by atoms with Gasteiger partial charge >= 0.3 is 0 Å². The predicted molar refractivity (Wildman–Crippen MR) is 52.6 cm³/mol. The van der Waals surface area contributed by atoms with Crippen LogP contribution in [0.25, 0.3) is 0 Å². The number of hydrogen-bond acceptors (Lipinski definition) is 5. The van der Waals surface area contributed by atoms with Gasteiger partial charge in [0, 0.05) is 18.6 Å². The molecule has 0 unspecified atom stereocenters. The van der Waals surface area contributed by atoms with Gasteiger partial charge in [0.05, 0.1) is 6.54 Å². The average Bonchev–Trinajstić information content (AvgIpc) is 2.71. The van der Waals surface area contributed by atoms with Crippen molar-refractivity contribution in [1.29, 1.82) is 0 Å². The number of aromatic amines is 1. The molecule has 0 saturated heterocycles. The number of nitrogens with one attached hydrogen (secondary N) is 1. The van der Waals surface area contributed by atoms with E-state index in [9.17, 15) is 0 Å². The molecule has 0 aliphatic rings. The van der Waals surface area contributed by atoms with Gasteiger partial charge < -0.3 is 10.7 Å². The van der Waals surface area contributed by atoms with E-state index in [4.69, 9.17) is 5.73 Å². The third kappa shape index (κ3) is 2.09. The van der Waals surface area contributed by atoms with Gasteiger partial charge in [-0.3, -0.25) is 0 Å². The Hall–Kier alpha value is -1.40. The monoisotopic (exact) mass is 207 g/mol. The van der Waals surface area contributed by atoms with E-state index in [0.29, 0.717) is 12.4 Å². The van der Waals surface area contributed by atoms with Crippen LogP contribution < -0.4 is 5.73 Å². The van der Waals surface area contributed by atoms with Crippen LogP contribution in [0.3, 0.4) is 0 Å². The van der Waals surface area contributed by atoms with Crippen LogP contribution in [0.15, 0.2) is 34.8 Å². The molecule has 0 fully saturated rings. The summed E-state index contributed by atoms with van der Waals surface area (Å²) in [5.41, 5.74) is 5.43. The molecule has 2 heterocycles. The van der Waals surface area contributed by atoms with Gasteiger partial charge in [-0.05, 0) is 17.8 Å². The van der Waals surface area contributed by atoms with Crippen molar-refractivity contribution in [3.63, 3.8) is 0 Å². The zero-order chi connectivity index (χ0) is 9.80. The molecule has 0 saturated carbocycles. The van der Waals surface area contributed by atoms with Gasteiger partial charge in [-0.1, -0.05) is 0 Å². The Morgan fingerprint density at radius 3 is 3.00 bits per heavy atom. The standard InChI is InChI=1S/C8H9N5S/c9-5-6-10-2-1-7(13-6)14-8-11-3-4-12-8/h1-4H,5,9H2,(H,11,12). The summed E-state index contributed by atoms with van der Waals surface area (Å²) in [5.74, 6) is 0.640. The van der Waals surface area contributed by atoms with E-state index in [-0.39, 0.29) is 0 Å². The molecule has 0 spiro atoms. The minimum atomic E-state index is 0.354. The zero-order valence-electron chi connectivity index (χ0n) is 7.34. The molecule has 72 valence electrons. The number of nitrogens with two attached hydrogens (primary N) is 1. The number of hydrogen-bond donors (Lipinski definition) is 2. The lowest BCUT2D eigenvalue weighted by atomic mass is 10.5. The van der Waals surface area contributed by atoms with Gasteiger partial charge in [0.1, 0.15) is 10.9 Å². The van der Waals surface area contributed by atoms with Crippen molar-refractivity contribution in [2.24, 2.45) is 5.73 Å². The lowest BCUT2D eigenvalue weighted by Gasteiger charge is -1.98. The fraction of sp³-hybridized carbons (Fsp3) is 0.125. The topological polar surface area (TPSA) is 80.5 Å². The summed E-state index contributed by atoms with van der Waals surface area (Å²) >= 11 is 1.45. The molecule has 6 heteroatoms. The van der Waals surface area contributed by atoms with Crippen LogP contribution in [-0.4, -0.2) is 19.9 Å². The van der Waals surface area contributed by atoms with Crippen molar-refractivity contribution in [3.05, 3.63) is 30.5 Å². The molecule has 5 nitrogen and oxygen atoms in total. The van der Waals surface area contributed by atoms with Crippen LogP contribution in [0.4, 0.5) is 0 Å². The number of imidazole rings is 1. The maximum absolute atomic E-state index is 5.43. The fourth-order valence-corrected chi connectivity index (χ4v) is 1.66. The molecular weight excluding hydrogens is 198 g/mol. The van der Waals surface area contributed by atoms with Crippen molar-refractivity contribution in [1.82, 2.24) is 19.9 Å². The van der Waals surface area contributed by atoms with Gasteiger partial charge in [-0.25, -0.2) is 15.0 Å². The highest BCUT2D eigenvalue weighted by molar-refractivity contribution is 7.99. The number of rotatable bonds is 3. The fourth-order valence-electron chi connectivity index (χ4n) is 0.941. The smallest absolute Gasteiger partial charge is 0.171 e. The van der Waals surface area contributed by atoms with E-state index in [1.807, 2.05) is 6.07 Å². The first-order chi connectivity index (χ1) is 6.88. The SMILES string of the molecule is NCc1nccc(Sc2ncc[nH]2)n1. The number of H-pyrrole nitrogens is 1. The summed E-state index contributed by atoms with van der Waals surface area (Å²) in [6.07, 6.45) is 5.17. The Labute approximate surface area is 85.2 Å². The molecule has 0 amide bonds. The zero-order valence-corrected chi connectivity index (χ0v) is 8.16. The van der Waals surface area contributed by atoms with Gasteiger partial charge in [0.2, 0.25) is 0 Å². The summed E-state index contributed by atoms with van der Waals surface area (Å²) in [7, 11) is 0. The van der Waals surface area contributed by atoms with Crippen LogP contribution in [0.1, 0.15) is 5.82 Å². The second-order valence-electron chi connectivity index (χ2n) is 2.51. The number of aromatic nitrogens is 4. The van der Waals surface area contributed by atoms with Crippen molar-refractivity contribution in [2.45, 2.75) is 16.7 Å². The van der Waals surface area contributed by atoms with Crippen LogP contribution in [0.2, 0.25) is 0 Å². The highest BCUT2D eigenvalue weighted by Crippen LogP contribution is 2.21. The number of nitrogens with zero attached hydrogens (tertiary/aromatic N) is 3. The summed E-state index contributed by atoms with van der Waals surface area (Å²) < 4.78 is 0. The van der Waals surface area contributed by atoms with E-state index in [1.165, 1.54) is 11.8 Å². The van der Waals surface area contributed by atoms with E-state index in [2.05, 4.69) is 19.9 Å². The maximum Gasteiger partial charge on any atom is 0.171 e. The van der Waals surface area contributed by atoms with Crippen LogP contribution in [0, 0.1) is 0 Å². The Bertz CT molecular complexity index is 400. The first-order valence-corrected chi connectivity index (χ1v) is 4.89. The highest BCUT2D eigenvalue weighted by atomic mass is 32.2. The van der Waals surface area contributed by atoms with E-state index in [1.54, 1.807) is 18.6 Å². The highest BCUT2D eigenvalue weighted by Gasteiger charge is 2.01. The average molecular weight is 207 g/mol. The van der Waals surface area contributed by atoms with Crippen molar-refractivity contribution < 1.29 is 0 Å². The van der Waals surface area contributed by atoms with Crippen LogP contribution in [-0.2, 0) is 6.54 Å². The third-order valence-electron chi connectivity index (χ3n) is 1.54. The first kappa shape index (κ1) is 9.17. The minimum absolute atomic E-state index is 0.354. The molecule has 2 aromatic heterocycles. The minimum Gasteiger partial charge on any atom is -0.339 e.